The van der Waals surface area contributed by atoms with Crippen molar-refractivity contribution in [2.45, 2.75) is 13.8 Å². The van der Waals surface area contributed by atoms with E-state index in [0.29, 0.717) is 11.3 Å². The van der Waals surface area contributed by atoms with Crippen LogP contribution in [0.2, 0.25) is 0 Å². The topological polar surface area (TPSA) is 100 Å². The second-order valence-corrected chi connectivity index (χ2v) is 2.72. The van der Waals surface area contributed by atoms with E-state index in [1.54, 1.807) is 0 Å². The fourth-order valence-electron chi connectivity index (χ4n) is 0.933. The third kappa shape index (κ3) is 1.68. The molecule has 0 aliphatic heterocycles. The molecule has 0 saturated carbocycles. The smallest absolute Gasteiger partial charge is 0.373 e. The lowest BCUT2D eigenvalue weighted by atomic mass is 10.2. The predicted octanol–water partition coefficient (Wildman–Crippen LogP) is 0.490. The molecular weight excluding hydrogens is 188 g/mol. The van der Waals surface area contributed by atoms with E-state index in [1.807, 2.05) is 0 Å². The highest BCUT2D eigenvalue weighted by atomic mass is 16.4. The Balaban J connectivity index is 3.43. The highest BCUT2D eigenvalue weighted by Gasteiger charge is 2.17. The van der Waals surface area contributed by atoms with Crippen molar-refractivity contribution in [2.75, 3.05) is 0 Å². The molecule has 14 heavy (non-hydrogen) atoms. The Hall–Kier alpha value is -1.98. The van der Waals surface area contributed by atoms with Crippen LogP contribution in [0.25, 0.3) is 0 Å². The van der Waals surface area contributed by atoms with Crippen LogP contribution in [0.15, 0.2) is 0 Å². The van der Waals surface area contributed by atoms with Crippen LogP contribution in [0.1, 0.15) is 32.4 Å². The van der Waals surface area contributed by atoms with Gasteiger partial charge in [-0.1, -0.05) is 0 Å². The molecule has 1 aromatic heterocycles. The summed E-state index contributed by atoms with van der Waals surface area (Å²) in [6, 6.07) is 0. The maximum Gasteiger partial charge on any atom is 0.373 e. The SMILES string of the molecule is Cc1nc(C(=O)O)nc(C(=O)O)c1C. The monoisotopic (exact) mass is 196 g/mol. The minimum absolute atomic E-state index is 0.269. The van der Waals surface area contributed by atoms with E-state index in [4.69, 9.17) is 10.2 Å². The molecule has 0 amide bonds. The van der Waals surface area contributed by atoms with E-state index < -0.39 is 17.8 Å². The number of hydrogen-bond donors (Lipinski definition) is 2. The first-order valence-electron chi connectivity index (χ1n) is 3.75. The zero-order chi connectivity index (χ0) is 10.9. The summed E-state index contributed by atoms with van der Waals surface area (Å²) in [5, 5.41) is 17.3. The number of carboxylic acid groups (broad SMARTS) is 2. The molecular formula is C8H8N2O4. The molecule has 0 atom stereocenters. The fourth-order valence-corrected chi connectivity index (χ4v) is 0.933. The van der Waals surface area contributed by atoms with E-state index in [0.717, 1.165) is 0 Å². The molecule has 0 saturated heterocycles. The van der Waals surface area contributed by atoms with Crippen molar-refractivity contribution in [3.05, 3.63) is 22.8 Å². The lowest BCUT2D eigenvalue weighted by Crippen LogP contribution is -2.13. The quantitative estimate of drug-likeness (QED) is 0.713. The van der Waals surface area contributed by atoms with Crippen LogP contribution in [0.4, 0.5) is 0 Å². The van der Waals surface area contributed by atoms with Gasteiger partial charge in [-0.15, -0.1) is 0 Å². The third-order valence-electron chi connectivity index (χ3n) is 1.78. The maximum atomic E-state index is 10.7. The van der Waals surface area contributed by atoms with Crippen molar-refractivity contribution in [3.8, 4) is 0 Å². The van der Waals surface area contributed by atoms with Gasteiger partial charge in [0, 0.05) is 11.3 Å². The first-order valence-corrected chi connectivity index (χ1v) is 3.75. The Morgan fingerprint density at radius 2 is 1.64 bits per heavy atom. The van der Waals surface area contributed by atoms with Crippen molar-refractivity contribution in [1.29, 1.82) is 0 Å². The number of carbonyl (C=O) groups is 2. The minimum atomic E-state index is -1.34. The summed E-state index contributed by atoms with van der Waals surface area (Å²) >= 11 is 0. The van der Waals surface area contributed by atoms with Gasteiger partial charge in [-0.25, -0.2) is 19.6 Å². The molecule has 6 heteroatoms. The summed E-state index contributed by atoms with van der Waals surface area (Å²) in [6.45, 7) is 3.07. The van der Waals surface area contributed by atoms with Crippen LogP contribution >= 0.6 is 0 Å². The fraction of sp³-hybridized carbons (Fsp3) is 0.250. The molecule has 6 nitrogen and oxygen atoms in total. The van der Waals surface area contributed by atoms with Gasteiger partial charge >= 0.3 is 11.9 Å². The van der Waals surface area contributed by atoms with E-state index in [-0.39, 0.29) is 5.69 Å². The van der Waals surface area contributed by atoms with Gasteiger partial charge in [0.1, 0.15) is 0 Å². The number of aryl methyl sites for hydroxylation is 1. The molecule has 0 spiro atoms. The van der Waals surface area contributed by atoms with Gasteiger partial charge in [0.2, 0.25) is 5.82 Å². The highest BCUT2D eigenvalue weighted by molar-refractivity contribution is 5.90. The largest absolute Gasteiger partial charge is 0.477 e. The number of hydrogen-bond acceptors (Lipinski definition) is 4. The summed E-state index contributed by atoms with van der Waals surface area (Å²) in [6.07, 6.45) is 0. The Morgan fingerprint density at radius 1 is 1.07 bits per heavy atom. The maximum absolute atomic E-state index is 10.7. The van der Waals surface area contributed by atoms with Crippen molar-refractivity contribution in [2.24, 2.45) is 0 Å². The van der Waals surface area contributed by atoms with Gasteiger partial charge < -0.3 is 10.2 Å². The summed E-state index contributed by atoms with van der Waals surface area (Å²) in [5.41, 5.74) is 0.465. The van der Waals surface area contributed by atoms with Crippen molar-refractivity contribution >= 4 is 11.9 Å². The minimum Gasteiger partial charge on any atom is -0.477 e. The van der Waals surface area contributed by atoms with Gasteiger partial charge in [0.05, 0.1) is 0 Å². The van der Waals surface area contributed by atoms with Gasteiger partial charge in [-0.2, -0.15) is 0 Å². The van der Waals surface area contributed by atoms with Gasteiger partial charge in [0.25, 0.3) is 0 Å². The molecule has 1 rings (SSSR count). The summed E-state index contributed by atoms with van der Waals surface area (Å²) in [4.78, 5) is 28.3. The standard InChI is InChI=1S/C8H8N2O4/c1-3-4(2)9-6(8(13)14)10-5(3)7(11)12/h1-2H3,(H,11,12)(H,13,14). The number of nitrogens with zero attached hydrogens (tertiary/aromatic N) is 2. The van der Waals surface area contributed by atoms with Crippen LogP contribution in [-0.4, -0.2) is 32.1 Å². The summed E-state index contributed by atoms with van der Waals surface area (Å²) in [7, 11) is 0. The zero-order valence-corrected chi connectivity index (χ0v) is 7.61. The second-order valence-electron chi connectivity index (χ2n) is 2.72. The van der Waals surface area contributed by atoms with Crippen molar-refractivity contribution < 1.29 is 19.8 Å². The summed E-state index contributed by atoms with van der Waals surface area (Å²) in [5.74, 6) is -3.09. The molecule has 0 fully saturated rings. The molecule has 0 bridgehead atoms. The summed E-state index contributed by atoms with van der Waals surface area (Å²) < 4.78 is 0. The first kappa shape index (κ1) is 10.1. The second kappa shape index (κ2) is 3.41. The molecule has 0 aromatic carbocycles. The lowest BCUT2D eigenvalue weighted by Gasteiger charge is -2.03. The molecule has 0 aliphatic rings. The number of carboxylic acids is 2. The number of rotatable bonds is 2. The first-order chi connectivity index (χ1) is 6.43. The average molecular weight is 196 g/mol. The van der Waals surface area contributed by atoms with Crippen LogP contribution in [0, 0.1) is 13.8 Å². The van der Waals surface area contributed by atoms with Crippen molar-refractivity contribution in [3.63, 3.8) is 0 Å². The van der Waals surface area contributed by atoms with Gasteiger partial charge in [-0.3, -0.25) is 0 Å². The Labute approximate surface area is 79.2 Å². The van der Waals surface area contributed by atoms with Gasteiger partial charge in [0.15, 0.2) is 5.69 Å². The molecule has 74 valence electrons. The normalized spacial score (nSPS) is 9.86. The van der Waals surface area contributed by atoms with Crippen LogP contribution in [0.3, 0.4) is 0 Å². The number of aromatic nitrogens is 2. The van der Waals surface area contributed by atoms with Crippen molar-refractivity contribution in [1.82, 2.24) is 9.97 Å². The molecule has 1 heterocycles. The van der Waals surface area contributed by atoms with Crippen LogP contribution < -0.4 is 0 Å². The van der Waals surface area contributed by atoms with E-state index in [9.17, 15) is 9.59 Å². The third-order valence-corrected chi connectivity index (χ3v) is 1.78. The molecule has 2 N–H and O–H groups in total. The van der Waals surface area contributed by atoms with Crippen LogP contribution in [-0.2, 0) is 0 Å². The van der Waals surface area contributed by atoms with E-state index in [2.05, 4.69) is 9.97 Å². The Kier molecular flexibility index (Phi) is 2.46. The highest BCUT2D eigenvalue weighted by Crippen LogP contribution is 2.09. The molecule has 0 radical (unpaired) electrons. The van der Waals surface area contributed by atoms with Crippen LogP contribution in [0.5, 0.6) is 0 Å². The zero-order valence-electron chi connectivity index (χ0n) is 7.61. The Bertz CT molecular complexity index is 414. The predicted molar refractivity (Wildman–Crippen MR) is 45.4 cm³/mol. The molecule has 0 unspecified atom stereocenters. The van der Waals surface area contributed by atoms with Gasteiger partial charge in [-0.05, 0) is 13.8 Å². The molecule has 1 aromatic rings. The number of aromatic carboxylic acids is 2. The van der Waals surface area contributed by atoms with E-state index >= 15 is 0 Å². The average Bonchev–Trinajstić information content (AvgIpc) is 2.08. The Morgan fingerprint density at radius 3 is 2.07 bits per heavy atom. The van der Waals surface area contributed by atoms with E-state index in [1.165, 1.54) is 13.8 Å². The molecule has 0 aliphatic carbocycles. The lowest BCUT2D eigenvalue weighted by molar-refractivity contribution is 0.0678.